The Morgan fingerprint density at radius 1 is 1.19 bits per heavy atom. The van der Waals surface area contributed by atoms with Gasteiger partial charge in [0.15, 0.2) is 0 Å². The first-order chi connectivity index (χ1) is 13.1. The summed E-state index contributed by atoms with van der Waals surface area (Å²) in [5, 5.41) is 0. The fraction of sp³-hybridized carbons (Fsp3) is 0.455. The molecule has 0 bridgehead atoms. The molecule has 2 aromatic rings. The lowest BCUT2D eigenvalue weighted by Crippen LogP contribution is -2.47. The second-order valence-corrected chi connectivity index (χ2v) is 7.76. The number of aryl methyl sites for hydroxylation is 1. The van der Waals surface area contributed by atoms with Crippen LogP contribution in [0.15, 0.2) is 48.7 Å². The van der Waals surface area contributed by atoms with Crippen LogP contribution in [0.5, 0.6) is 0 Å². The van der Waals surface area contributed by atoms with E-state index in [1.165, 1.54) is 5.69 Å². The molecule has 5 heteroatoms. The molecule has 1 amide bonds. The largest absolute Gasteiger partial charge is 0.373 e. The molecular formula is C22H27N3O2. The molecule has 1 spiro atoms. The number of hydrogen-bond donors (Lipinski definition) is 0. The second-order valence-electron chi connectivity index (χ2n) is 7.76. The quantitative estimate of drug-likeness (QED) is 0.837. The highest BCUT2D eigenvalue weighted by atomic mass is 16.5. The summed E-state index contributed by atoms with van der Waals surface area (Å²) < 4.78 is 6.30. The number of hydrogen-bond acceptors (Lipinski definition) is 4. The van der Waals surface area contributed by atoms with Crippen molar-refractivity contribution in [1.82, 2.24) is 9.88 Å². The lowest BCUT2D eigenvalue weighted by atomic mass is 9.87. The summed E-state index contributed by atoms with van der Waals surface area (Å²) in [5.74, 6) is 0.0406. The molecule has 142 valence electrons. The predicted molar refractivity (Wildman–Crippen MR) is 106 cm³/mol. The average molecular weight is 365 g/mol. The molecule has 0 radical (unpaired) electrons. The zero-order chi connectivity index (χ0) is 18.9. The van der Waals surface area contributed by atoms with Crippen LogP contribution in [0.1, 0.15) is 35.3 Å². The highest BCUT2D eigenvalue weighted by Crippen LogP contribution is 2.38. The van der Waals surface area contributed by atoms with Gasteiger partial charge in [0, 0.05) is 32.0 Å². The molecule has 5 nitrogen and oxygen atoms in total. The molecule has 2 saturated heterocycles. The van der Waals surface area contributed by atoms with Gasteiger partial charge in [-0.1, -0.05) is 24.3 Å². The average Bonchev–Trinajstić information content (AvgIpc) is 3.12. The van der Waals surface area contributed by atoms with Crippen molar-refractivity contribution in [3.8, 4) is 0 Å². The first-order valence-corrected chi connectivity index (χ1v) is 9.71. The molecule has 0 unspecified atom stereocenters. The number of amides is 1. The number of pyridine rings is 1. The van der Waals surface area contributed by atoms with Crippen LogP contribution < -0.4 is 4.90 Å². The number of ether oxygens (including phenoxy) is 1. The van der Waals surface area contributed by atoms with Crippen molar-refractivity contribution in [2.24, 2.45) is 0 Å². The number of likely N-dealkylation sites (tertiary alicyclic amines) is 1. The summed E-state index contributed by atoms with van der Waals surface area (Å²) in [4.78, 5) is 21.3. The Labute approximate surface area is 161 Å². The number of benzene rings is 1. The van der Waals surface area contributed by atoms with Crippen molar-refractivity contribution in [3.63, 3.8) is 0 Å². The van der Waals surface area contributed by atoms with Crippen LogP contribution >= 0.6 is 0 Å². The molecule has 0 N–H and O–H groups in total. The molecule has 1 atom stereocenters. The Kier molecular flexibility index (Phi) is 4.87. The smallest absolute Gasteiger partial charge is 0.272 e. The normalized spacial score (nSPS) is 21.4. The molecule has 27 heavy (non-hydrogen) atoms. The van der Waals surface area contributed by atoms with Gasteiger partial charge in [-0.05, 0) is 49.9 Å². The molecule has 1 aromatic carbocycles. The number of aromatic nitrogens is 1. The van der Waals surface area contributed by atoms with E-state index in [0.29, 0.717) is 11.7 Å². The highest BCUT2D eigenvalue weighted by Gasteiger charge is 2.44. The first-order valence-electron chi connectivity index (χ1n) is 9.71. The zero-order valence-electron chi connectivity index (χ0n) is 16.1. The van der Waals surface area contributed by atoms with Crippen LogP contribution in [0.25, 0.3) is 0 Å². The van der Waals surface area contributed by atoms with E-state index in [1.807, 2.05) is 30.0 Å². The summed E-state index contributed by atoms with van der Waals surface area (Å²) in [5.41, 5.74) is 2.64. The Bertz CT molecular complexity index is 800. The molecular weight excluding hydrogens is 338 g/mol. The first kappa shape index (κ1) is 18.0. The number of rotatable bonds is 3. The minimum Gasteiger partial charge on any atom is -0.373 e. The van der Waals surface area contributed by atoms with Crippen LogP contribution in [0.4, 0.5) is 5.69 Å². The number of piperidine rings is 1. The van der Waals surface area contributed by atoms with Crippen LogP contribution in [0, 0.1) is 6.92 Å². The summed E-state index contributed by atoms with van der Waals surface area (Å²) >= 11 is 0. The van der Waals surface area contributed by atoms with E-state index in [-0.39, 0.29) is 11.5 Å². The molecule has 2 aliphatic heterocycles. The van der Waals surface area contributed by atoms with Gasteiger partial charge in [0.2, 0.25) is 0 Å². The molecule has 3 heterocycles. The fourth-order valence-electron chi connectivity index (χ4n) is 4.27. The number of carbonyl (C=O) groups excluding carboxylic acids is 1. The van der Waals surface area contributed by atoms with Gasteiger partial charge >= 0.3 is 0 Å². The van der Waals surface area contributed by atoms with E-state index in [4.69, 9.17) is 4.74 Å². The Balaban J connectivity index is 1.38. The topological polar surface area (TPSA) is 45.7 Å². The van der Waals surface area contributed by atoms with Crippen molar-refractivity contribution in [3.05, 3.63) is 59.9 Å². The summed E-state index contributed by atoms with van der Waals surface area (Å²) in [6, 6.07) is 14.7. The molecule has 2 fully saturated rings. The number of likely N-dealkylation sites (N-methyl/N-ethyl adjacent to an activating group) is 1. The third-order valence-electron chi connectivity index (χ3n) is 6.07. The summed E-state index contributed by atoms with van der Waals surface area (Å²) in [7, 11) is 2.14. The number of anilines is 1. The maximum Gasteiger partial charge on any atom is 0.272 e. The summed E-state index contributed by atoms with van der Waals surface area (Å²) in [6.07, 6.45) is 4.49. The van der Waals surface area contributed by atoms with Crippen LogP contribution in [-0.4, -0.2) is 54.2 Å². The molecule has 1 aromatic heterocycles. The standard InChI is InChI=1S/C22H27N3O2/c1-17-7-6-12-23-20(17)21(26)25-13-10-22(11-14-25)15-19(16-27-22)24(2)18-8-4-3-5-9-18/h3-9,12,19H,10-11,13-16H2,1-2H3/t19-/m0/s1. The Morgan fingerprint density at radius 3 is 2.63 bits per heavy atom. The van der Waals surface area contributed by atoms with Crippen LogP contribution in [-0.2, 0) is 4.74 Å². The second kappa shape index (κ2) is 7.31. The maximum atomic E-state index is 12.8. The predicted octanol–water partition coefficient (Wildman–Crippen LogP) is 3.29. The number of nitrogens with zero attached hydrogens (tertiary/aromatic N) is 3. The monoisotopic (exact) mass is 365 g/mol. The lowest BCUT2D eigenvalue weighted by molar-refractivity contribution is -0.0389. The number of carbonyl (C=O) groups is 1. The van der Waals surface area contributed by atoms with Gasteiger partial charge in [-0.2, -0.15) is 0 Å². The van der Waals surface area contributed by atoms with E-state index in [9.17, 15) is 4.79 Å². The Morgan fingerprint density at radius 2 is 1.93 bits per heavy atom. The SMILES string of the molecule is Cc1cccnc1C(=O)N1CCC2(CC1)C[C@H](N(C)c1ccccc1)CO2. The molecule has 0 saturated carbocycles. The molecule has 4 rings (SSSR count). The zero-order valence-corrected chi connectivity index (χ0v) is 16.1. The third-order valence-corrected chi connectivity index (χ3v) is 6.07. The third kappa shape index (κ3) is 3.56. The van der Waals surface area contributed by atoms with Crippen molar-refractivity contribution in [2.75, 3.05) is 31.6 Å². The van der Waals surface area contributed by atoms with Gasteiger partial charge in [-0.3, -0.25) is 9.78 Å². The maximum absolute atomic E-state index is 12.8. The van der Waals surface area contributed by atoms with Crippen molar-refractivity contribution in [2.45, 2.75) is 37.8 Å². The number of para-hydroxylation sites is 1. The molecule has 0 aliphatic carbocycles. The van der Waals surface area contributed by atoms with E-state index in [0.717, 1.165) is 44.5 Å². The van der Waals surface area contributed by atoms with E-state index >= 15 is 0 Å². The van der Waals surface area contributed by atoms with Crippen molar-refractivity contribution < 1.29 is 9.53 Å². The van der Waals surface area contributed by atoms with Gasteiger partial charge < -0.3 is 14.5 Å². The van der Waals surface area contributed by atoms with Crippen molar-refractivity contribution in [1.29, 1.82) is 0 Å². The van der Waals surface area contributed by atoms with E-state index < -0.39 is 0 Å². The van der Waals surface area contributed by atoms with E-state index in [2.05, 4.69) is 41.2 Å². The van der Waals surface area contributed by atoms with Gasteiger partial charge in [-0.15, -0.1) is 0 Å². The van der Waals surface area contributed by atoms with Gasteiger partial charge in [0.1, 0.15) is 5.69 Å². The van der Waals surface area contributed by atoms with Gasteiger partial charge in [0.05, 0.1) is 18.2 Å². The molecule has 2 aliphatic rings. The minimum atomic E-state index is -0.0936. The lowest BCUT2D eigenvalue weighted by Gasteiger charge is -2.39. The van der Waals surface area contributed by atoms with Gasteiger partial charge in [-0.25, -0.2) is 0 Å². The van der Waals surface area contributed by atoms with E-state index in [1.54, 1.807) is 6.20 Å². The van der Waals surface area contributed by atoms with Crippen LogP contribution in [0.3, 0.4) is 0 Å². The summed E-state index contributed by atoms with van der Waals surface area (Å²) in [6.45, 7) is 4.15. The minimum absolute atomic E-state index is 0.0406. The Hall–Kier alpha value is -2.40. The fourth-order valence-corrected chi connectivity index (χ4v) is 4.27. The van der Waals surface area contributed by atoms with Crippen molar-refractivity contribution >= 4 is 11.6 Å². The van der Waals surface area contributed by atoms with Crippen LogP contribution in [0.2, 0.25) is 0 Å². The van der Waals surface area contributed by atoms with Gasteiger partial charge in [0.25, 0.3) is 5.91 Å². The highest BCUT2D eigenvalue weighted by molar-refractivity contribution is 5.93.